The summed E-state index contributed by atoms with van der Waals surface area (Å²) in [5.74, 6) is -0.619. The van der Waals surface area contributed by atoms with Gasteiger partial charge in [-0.15, -0.1) is 0 Å². The summed E-state index contributed by atoms with van der Waals surface area (Å²) in [6, 6.07) is 9.42. The minimum Gasteiger partial charge on any atom is -0.507 e. The van der Waals surface area contributed by atoms with Crippen LogP contribution in [0.4, 0.5) is 10.1 Å². The maximum Gasteiger partial charge on any atom is 0.332 e. The molecule has 0 radical (unpaired) electrons. The molecule has 1 saturated heterocycles. The van der Waals surface area contributed by atoms with Crippen molar-refractivity contribution in [1.29, 1.82) is 0 Å². The monoisotopic (exact) mass is 534 g/mol. The average Bonchev–Trinajstić information content (AvgIpc) is 3.53. The zero-order valence-corrected chi connectivity index (χ0v) is 22.1. The van der Waals surface area contributed by atoms with Crippen molar-refractivity contribution >= 4 is 17.3 Å². The Morgan fingerprint density at radius 1 is 1.03 bits per heavy atom. The largest absolute Gasteiger partial charge is 0.507 e. The van der Waals surface area contributed by atoms with Crippen LogP contribution in [0.5, 0.6) is 5.75 Å². The maximum atomic E-state index is 14.9. The van der Waals surface area contributed by atoms with Crippen molar-refractivity contribution in [3.8, 4) is 33.7 Å². The number of aliphatic hydroxyl groups is 1. The smallest absolute Gasteiger partial charge is 0.332 e. The summed E-state index contributed by atoms with van der Waals surface area (Å²) >= 11 is 6.53. The number of hydrogen-bond acceptors (Lipinski definition) is 5. The molecule has 1 aliphatic carbocycles. The molecule has 6 rings (SSSR count). The second-order valence-electron chi connectivity index (χ2n) is 10.8. The molecule has 2 fully saturated rings. The van der Waals surface area contributed by atoms with Gasteiger partial charge in [-0.05, 0) is 62.6 Å². The van der Waals surface area contributed by atoms with Gasteiger partial charge in [0.25, 0.3) is 0 Å². The number of benzene rings is 2. The minimum absolute atomic E-state index is 0.0834. The number of halogens is 2. The molecule has 1 spiro atoms. The van der Waals surface area contributed by atoms with Crippen molar-refractivity contribution in [2.75, 3.05) is 18.0 Å². The molecule has 3 heterocycles. The van der Waals surface area contributed by atoms with Gasteiger partial charge in [-0.2, -0.15) is 0 Å². The summed E-state index contributed by atoms with van der Waals surface area (Å²) in [6.07, 6.45) is 6.87. The molecule has 2 aromatic heterocycles. The van der Waals surface area contributed by atoms with Crippen molar-refractivity contribution in [2.24, 2.45) is 12.5 Å². The summed E-state index contributed by atoms with van der Waals surface area (Å²) in [7, 11) is 1.65. The number of aryl methyl sites for hydroxylation is 2. The molecule has 0 bridgehead atoms. The zero-order chi connectivity index (χ0) is 27.0. The van der Waals surface area contributed by atoms with Crippen LogP contribution >= 0.6 is 11.6 Å². The molecule has 2 aliphatic rings. The number of rotatable bonds is 4. The Morgan fingerprint density at radius 3 is 2.34 bits per heavy atom. The Balaban J connectivity index is 1.39. The predicted octanol–water partition coefficient (Wildman–Crippen LogP) is 5.06. The van der Waals surface area contributed by atoms with Gasteiger partial charge >= 0.3 is 5.69 Å². The van der Waals surface area contributed by atoms with Crippen LogP contribution < -0.4 is 10.6 Å². The molecule has 0 unspecified atom stereocenters. The fraction of sp³-hybridized carbons (Fsp3) is 0.310. The second-order valence-corrected chi connectivity index (χ2v) is 11.2. The van der Waals surface area contributed by atoms with Crippen LogP contribution in [0.3, 0.4) is 0 Å². The first-order valence-corrected chi connectivity index (χ1v) is 12.9. The molecular weight excluding hydrogens is 507 g/mol. The van der Waals surface area contributed by atoms with Crippen LogP contribution in [0.2, 0.25) is 5.02 Å². The molecule has 4 aromatic rings. The molecule has 38 heavy (non-hydrogen) atoms. The molecule has 9 heteroatoms. The van der Waals surface area contributed by atoms with E-state index >= 15 is 0 Å². The normalized spacial score (nSPS) is 19.9. The van der Waals surface area contributed by atoms with Crippen LogP contribution in [0, 0.1) is 18.2 Å². The summed E-state index contributed by atoms with van der Waals surface area (Å²) in [6.45, 7) is 5.03. The Bertz CT molecular complexity index is 1650. The lowest BCUT2D eigenvalue weighted by Crippen LogP contribution is -2.35. The Morgan fingerprint density at radius 2 is 1.74 bits per heavy atom. The van der Waals surface area contributed by atoms with Crippen LogP contribution in [0.1, 0.15) is 25.5 Å². The third-order valence-electron chi connectivity index (χ3n) is 8.24. The minimum atomic E-state index is -0.778. The standard InChI is InChI=1S/C29H28ClFN4O3/c1-17-25(34-15-28(2,38)29(16-34)6-7-29)11-19(14-32-17)22-13-20(31)12-21(26(22)36)18-4-5-24(23(30)10-18)35-9-8-33(3)27(35)37/h4-5,8-14,36,38H,6-7,15-16H2,1-3H3/t28-/m1/s1. The molecular formula is C29H28ClFN4O3. The summed E-state index contributed by atoms with van der Waals surface area (Å²) in [5, 5.41) is 22.6. The van der Waals surface area contributed by atoms with Gasteiger partial charge in [0.1, 0.15) is 11.6 Å². The molecule has 1 saturated carbocycles. The highest BCUT2D eigenvalue weighted by atomic mass is 35.5. The highest BCUT2D eigenvalue weighted by molar-refractivity contribution is 6.32. The number of nitrogens with zero attached hydrogens (tertiary/aromatic N) is 4. The number of phenols is 1. The van der Waals surface area contributed by atoms with E-state index in [4.69, 9.17) is 11.6 Å². The third kappa shape index (κ3) is 3.82. The van der Waals surface area contributed by atoms with Crippen LogP contribution in [-0.4, -0.2) is 43.0 Å². The SMILES string of the molecule is Cc1ncc(-c2cc(F)cc(-c3ccc(-n4ccn(C)c4=O)c(Cl)c3)c2O)cc1N1CC2(CC2)[C@](C)(O)C1. The number of aromatic hydroxyl groups is 1. The fourth-order valence-electron chi connectivity index (χ4n) is 5.69. The van der Waals surface area contributed by atoms with Crippen molar-refractivity contribution in [1.82, 2.24) is 14.1 Å². The molecule has 2 N–H and O–H groups in total. The van der Waals surface area contributed by atoms with Gasteiger partial charge in [0, 0.05) is 60.8 Å². The second kappa shape index (κ2) is 8.44. The summed E-state index contributed by atoms with van der Waals surface area (Å²) < 4.78 is 17.8. The number of hydrogen-bond donors (Lipinski definition) is 2. The van der Waals surface area contributed by atoms with E-state index in [1.807, 2.05) is 19.9 Å². The van der Waals surface area contributed by atoms with Gasteiger partial charge in [-0.25, -0.2) is 9.18 Å². The van der Waals surface area contributed by atoms with E-state index in [-0.39, 0.29) is 27.4 Å². The number of anilines is 1. The van der Waals surface area contributed by atoms with Crippen LogP contribution in [-0.2, 0) is 7.05 Å². The van der Waals surface area contributed by atoms with E-state index in [0.29, 0.717) is 28.9 Å². The fourth-order valence-corrected chi connectivity index (χ4v) is 5.97. The highest BCUT2D eigenvalue weighted by Gasteiger charge is 2.61. The van der Waals surface area contributed by atoms with Crippen molar-refractivity contribution in [3.63, 3.8) is 0 Å². The topological polar surface area (TPSA) is 83.5 Å². The number of pyridine rings is 1. The van der Waals surface area contributed by atoms with Gasteiger partial charge in [-0.1, -0.05) is 17.7 Å². The van der Waals surface area contributed by atoms with Crippen molar-refractivity contribution < 1.29 is 14.6 Å². The average molecular weight is 535 g/mol. The highest BCUT2D eigenvalue weighted by Crippen LogP contribution is 2.59. The number of aromatic nitrogens is 3. The van der Waals surface area contributed by atoms with E-state index in [0.717, 1.165) is 30.8 Å². The molecule has 0 amide bonds. The van der Waals surface area contributed by atoms with E-state index in [2.05, 4.69) is 9.88 Å². The van der Waals surface area contributed by atoms with Gasteiger partial charge in [0.05, 0.1) is 27.7 Å². The van der Waals surface area contributed by atoms with E-state index in [1.54, 1.807) is 43.8 Å². The quantitative estimate of drug-likeness (QED) is 0.382. The van der Waals surface area contributed by atoms with Crippen LogP contribution in [0.25, 0.3) is 27.9 Å². The lowest BCUT2D eigenvalue weighted by atomic mass is 9.90. The first-order chi connectivity index (χ1) is 18.0. The van der Waals surface area contributed by atoms with Gasteiger partial charge in [0.2, 0.25) is 0 Å². The summed E-state index contributed by atoms with van der Waals surface area (Å²) in [5.41, 5.74) is 2.70. The Labute approximate surface area is 224 Å². The maximum absolute atomic E-state index is 14.9. The molecule has 7 nitrogen and oxygen atoms in total. The number of β-amino-alcohol motifs (C(OH)–C–C–N with tert-alkyl or cyclic N) is 1. The van der Waals surface area contributed by atoms with Crippen LogP contribution in [0.15, 0.2) is 59.8 Å². The number of imidazole rings is 1. The lowest BCUT2D eigenvalue weighted by molar-refractivity contribution is 0.0244. The van der Waals surface area contributed by atoms with Gasteiger partial charge < -0.3 is 19.7 Å². The van der Waals surface area contributed by atoms with Crippen molar-refractivity contribution in [3.05, 3.63) is 82.0 Å². The molecule has 1 atom stereocenters. The Kier molecular flexibility index (Phi) is 5.49. The van der Waals surface area contributed by atoms with E-state index < -0.39 is 11.4 Å². The van der Waals surface area contributed by atoms with E-state index in [1.165, 1.54) is 21.3 Å². The van der Waals surface area contributed by atoms with Crippen molar-refractivity contribution in [2.45, 2.75) is 32.3 Å². The lowest BCUT2D eigenvalue weighted by Gasteiger charge is -2.24. The molecule has 196 valence electrons. The Hall–Kier alpha value is -3.62. The van der Waals surface area contributed by atoms with Gasteiger partial charge in [0.15, 0.2) is 0 Å². The first-order valence-electron chi connectivity index (χ1n) is 12.5. The third-order valence-corrected chi connectivity index (χ3v) is 8.54. The van der Waals surface area contributed by atoms with E-state index in [9.17, 15) is 19.4 Å². The molecule has 2 aromatic carbocycles. The summed E-state index contributed by atoms with van der Waals surface area (Å²) in [4.78, 5) is 19.0. The predicted molar refractivity (Wildman–Crippen MR) is 146 cm³/mol. The molecule has 1 aliphatic heterocycles. The van der Waals surface area contributed by atoms with Gasteiger partial charge in [-0.3, -0.25) is 9.55 Å². The number of phenolic OH excluding ortho intramolecular Hbond substituents is 1. The zero-order valence-electron chi connectivity index (χ0n) is 21.4. The first kappa shape index (κ1) is 24.7.